The summed E-state index contributed by atoms with van der Waals surface area (Å²) in [6, 6.07) is 7.58. The van der Waals surface area contributed by atoms with E-state index >= 15 is 0 Å². The molecule has 86 valence electrons. The Kier molecular flexibility index (Phi) is 3.09. The summed E-state index contributed by atoms with van der Waals surface area (Å²) in [7, 11) is 0. The van der Waals surface area contributed by atoms with E-state index in [4.69, 9.17) is 16.1 Å². The second kappa shape index (κ2) is 4.53. The highest BCUT2D eigenvalue weighted by atomic mass is 32.2. The molecule has 0 saturated carbocycles. The first-order valence-corrected chi connectivity index (χ1v) is 5.90. The van der Waals surface area contributed by atoms with Crippen molar-refractivity contribution in [1.82, 2.24) is 4.98 Å². The first-order chi connectivity index (χ1) is 8.17. The summed E-state index contributed by atoms with van der Waals surface area (Å²) in [5.41, 5.74) is 9.12. The number of nitriles is 1. The van der Waals surface area contributed by atoms with Crippen LogP contribution in [-0.2, 0) is 0 Å². The topological polar surface area (TPSA) is 91.6 Å². The molecule has 1 aromatic carbocycles. The van der Waals surface area contributed by atoms with Crippen LogP contribution in [0.25, 0.3) is 16.6 Å². The average molecular weight is 244 g/mol. The summed E-state index contributed by atoms with van der Waals surface area (Å²) in [6.45, 7) is 1.87. The third-order valence-corrected chi connectivity index (χ3v) is 3.23. The van der Waals surface area contributed by atoms with Gasteiger partial charge in [-0.3, -0.25) is 5.14 Å². The van der Waals surface area contributed by atoms with Gasteiger partial charge in [-0.25, -0.2) is 0 Å². The Morgan fingerprint density at radius 1 is 1.47 bits per heavy atom. The summed E-state index contributed by atoms with van der Waals surface area (Å²) in [5.74, 6) is 0. The van der Waals surface area contributed by atoms with Gasteiger partial charge >= 0.3 is 0 Å². The number of nitrogens with zero attached hydrogens (tertiary/aromatic N) is 1. The molecule has 2 rings (SSSR count). The predicted octanol–water partition coefficient (Wildman–Crippen LogP) is 2.29. The van der Waals surface area contributed by atoms with Gasteiger partial charge in [0, 0.05) is 27.6 Å². The maximum atomic E-state index is 8.89. The molecule has 0 aliphatic carbocycles. The molecule has 0 bridgehead atoms. The number of hydrogen-bond donors (Lipinski definition) is 3. The minimum absolute atomic E-state index is 0.615. The largest absolute Gasteiger partial charge is 0.398 e. The first kappa shape index (κ1) is 11.6. The fraction of sp³-hybridized carbons (Fsp3) is 0.0833. The third-order valence-electron chi connectivity index (χ3n) is 2.66. The summed E-state index contributed by atoms with van der Waals surface area (Å²) >= 11 is 1.13. The average Bonchev–Trinajstić information content (AvgIpc) is 2.79. The number of nitrogens with two attached hydrogens (primary N) is 2. The minimum Gasteiger partial charge on any atom is -0.398 e. The van der Waals surface area contributed by atoms with E-state index in [2.05, 4.69) is 11.1 Å². The smallest absolute Gasteiger partial charge is 0.0991 e. The molecule has 1 aromatic heterocycles. The lowest BCUT2D eigenvalue weighted by atomic mass is 10.1. The highest BCUT2D eigenvalue weighted by molar-refractivity contribution is 8.01. The number of fused-ring (bicyclic) bond motifs is 1. The van der Waals surface area contributed by atoms with E-state index in [9.17, 15) is 0 Å². The van der Waals surface area contributed by atoms with Crippen LogP contribution in [-0.4, -0.2) is 4.98 Å². The number of aromatic nitrogens is 1. The van der Waals surface area contributed by atoms with Crippen molar-refractivity contribution in [1.29, 1.82) is 5.26 Å². The van der Waals surface area contributed by atoms with Gasteiger partial charge in [-0.1, -0.05) is 11.9 Å². The summed E-state index contributed by atoms with van der Waals surface area (Å²) in [6.07, 6.45) is 1.83. The van der Waals surface area contributed by atoms with Crippen LogP contribution in [0.1, 0.15) is 18.1 Å². The maximum Gasteiger partial charge on any atom is 0.0991 e. The number of allylic oxidation sites excluding steroid dienone is 1. The molecular formula is C12H12N4S. The zero-order valence-electron chi connectivity index (χ0n) is 9.32. The van der Waals surface area contributed by atoms with E-state index in [1.165, 1.54) is 0 Å². The quantitative estimate of drug-likeness (QED) is 0.707. The van der Waals surface area contributed by atoms with Gasteiger partial charge in [0.15, 0.2) is 0 Å². The van der Waals surface area contributed by atoms with E-state index in [-0.39, 0.29) is 0 Å². The molecule has 2 aromatic rings. The van der Waals surface area contributed by atoms with Crippen LogP contribution < -0.4 is 10.9 Å². The molecule has 17 heavy (non-hydrogen) atoms. The molecule has 1 heterocycles. The van der Waals surface area contributed by atoms with Crippen LogP contribution in [0.3, 0.4) is 0 Å². The number of hydrogen-bond acceptors (Lipinski definition) is 4. The van der Waals surface area contributed by atoms with E-state index < -0.39 is 0 Å². The molecule has 0 unspecified atom stereocenters. The second-order valence-electron chi connectivity index (χ2n) is 3.66. The molecule has 0 fully saturated rings. The van der Waals surface area contributed by atoms with Gasteiger partial charge in [0.1, 0.15) is 0 Å². The Bertz CT molecular complexity index is 633. The second-order valence-corrected chi connectivity index (χ2v) is 4.51. The normalized spacial score (nSPS) is 12.3. The van der Waals surface area contributed by atoms with Crippen molar-refractivity contribution in [3.05, 3.63) is 40.4 Å². The van der Waals surface area contributed by atoms with Crippen LogP contribution >= 0.6 is 11.9 Å². The van der Waals surface area contributed by atoms with Crippen molar-refractivity contribution in [3.63, 3.8) is 0 Å². The van der Waals surface area contributed by atoms with Crippen molar-refractivity contribution in [2.24, 2.45) is 10.9 Å². The highest BCUT2D eigenvalue weighted by Gasteiger charge is 2.09. The number of benzene rings is 1. The fourth-order valence-corrected chi connectivity index (χ4v) is 1.90. The van der Waals surface area contributed by atoms with Crippen molar-refractivity contribution in [2.45, 2.75) is 6.92 Å². The van der Waals surface area contributed by atoms with E-state index in [1.54, 1.807) is 6.07 Å². The van der Waals surface area contributed by atoms with Gasteiger partial charge < -0.3 is 10.7 Å². The molecule has 4 nitrogen and oxygen atoms in total. The molecule has 5 N–H and O–H groups in total. The predicted molar refractivity (Wildman–Crippen MR) is 71.6 cm³/mol. The Balaban J connectivity index is 2.68. The van der Waals surface area contributed by atoms with Crippen molar-refractivity contribution in [3.8, 4) is 6.07 Å². The third kappa shape index (κ3) is 2.00. The van der Waals surface area contributed by atoms with Gasteiger partial charge in [0.25, 0.3) is 0 Å². The lowest BCUT2D eigenvalue weighted by molar-refractivity contribution is 1.44. The van der Waals surface area contributed by atoms with E-state index in [0.29, 0.717) is 11.3 Å². The van der Waals surface area contributed by atoms with Gasteiger partial charge in [-0.2, -0.15) is 5.26 Å². The van der Waals surface area contributed by atoms with Crippen LogP contribution in [0.4, 0.5) is 0 Å². The lowest BCUT2D eigenvalue weighted by Gasteiger charge is -2.03. The number of aromatic amines is 1. The maximum absolute atomic E-state index is 8.89. The standard InChI is InChI=1S/C12H12N4S/c1-7(17-15)12(14)10-6-16-11-3-2-8(5-13)4-9(10)11/h2-4,6,16H,14-15H2,1H3/b12-7-. The Hall–Kier alpha value is -1.90. The van der Waals surface area contributed by atoms with Crippen molar-refractivity contribution in [2.75, 3.05) is 0 Å². The first-order valence-electron chi connectivity index (χ1n) is 5.02. The Morgan fingerprint density at radius 3 is 2.88 bits per heavy atom. The zero-order valence-corrected chi connectivity index (χ0v) is 10.1. The number of rotatable bonds is 2. The van der Waals surface area contributed by atoms with E-state index in [0.717, 1.165) is 33.3 Å². The van der Waals surface area contributed by atoms with Gasteiger partial charge in [-0.15, -0.1) is 0 Å². The van der Waals surface area contributed by atoms with Crippen LogP contribution in [0.2, 0.25) is 0 Å². The van der Waals surface area contributed by atoms with Crippen molar-refractivity contribution < 1.29 is 0 Å². The molecule has 5 heteroatoms. The molecule has 0 amide bonds. The zero-order chi connectivity index (χ0) is 12.4. The molecule has 0 atom stereocenters. The fourth-order valence-electron chi connectivity index (χ4n) is 1.67. The van der Waals surface area contributed by atoms with Crippen LogP contribution in [0.5, 0.6) is 0 Å². The van der Waals surface area contributed by atoms with Crippen molar-refractivity contribution >= 4 is 28.5 Å². The van der Waals surface area contributed by atoms with Crippen LogP contribution in [0, 0.1) is 11.3 Å². The minimum atomic E-state index is 0.615. The van der Waals surface area contributed by atoms with Crippen LogP contribution in [0.15, 0.2) is 29.3 Å². The molecule has 0 spiro atoms. The Morgan fingerprint density at radius 2 is 2.24 bits per heavy atom. The molecule has 0 radical (unpaired) electrons. The summed E-state index contributed by atoms with van der Waals surface area (Å²) < 4.78 is 0. The molecule has 0 aliphatic rings. The molecule has 0 aliphatic heterocycles. The van der Waals surface area contributed by atoms with Gasteiger partial charge in [0.05, 0.1) is 17.3 Å². The number of nitrogens with one attached hydrogen (secondary N) is 1. The highest BCUT2D eigenvalue weighted by Crippen LogP contribution is 2.27. The van der Waals surface area contributed by atoms with Gasteiger partial charge in [0.2, 0.25) is 0 Å². The van der Waals surface area contributed by atoms with Gasteiger partial charge in [-0.05, 0) is 25.1 Å². The monoisotopic (exact) mass is 244 g/mol. The van der Waals surface area contributed by atoms with E-state index in [1.807, 2.05) is 25.3 Å². The SMILES string of the molecule is C/C(SN)=C(/N)c1c[nH]c2ccc(C#N)cc12. The summed E-state index contributed by atoms with van der Waals surface area (Å²) in [4.78, 5) is 3.98. The molecular weight excluding hydrogens is 232 g/mol. The molecule has 0 saturated heterocycles. The Labute approximate surface area is 103 Å². The number of H-pyrrole nitrogens is 1. The summed E-state index contributed by atoms with van der Waals surface area (Å²) in [5, 5.41) is 15.3. The lowest BCUT2D eigenvalue weighted by Crippen LogP contribution is -1.99.